The van der Waals surface area contributed by atoms with Crippen LogP contribution >= 0.6 is 0 Å². The summed E-state index contributed by atoms with van der Waals surface area (Å²) in [6.07, 6.45) is 1.08. The van der Waals surface area contributed by atoms with E-state index >= 15 is 0 Å². The Labute approximate surface area is 57.7 Å². The molecule has 0 aliphatic carbocycles. The molecule has 1 unspecified atom stereocenters. The van der Waals surface area contributed by atoms with Crippen LogP contribution in [0.3, 0.4) is 0 Å². The second-order valence-corrected chi connectivity index (χ2v) is 1.39. The Kier molecular flexibility index (Phi) is 9.27. The van der Waals surface area contributed by atoms with Gasteiger partial charge in [-0.05, 0) is 0 Å². The van der Waals surface area contributed by atoms with Crippen LogP contribution < -0.4 is 18.9 Å². The summed E-state index contributed by atoms with van der Waals surface area (Å²) in [6.45, 7) is 4.07. The molecule has 0 aromatic heterocycles. The molecule has 0 aromatic carbocycles. The van der Waals surface area contributed by atoms with Gasteiger partial charge in [0.25, 0.3) is 0 Å². The van der Waals surface area contributed by atoms with Crippen LogP contribution in [0.15, 0.2) is 0 Å². The summed E-state index contributed by atoms with van der Waals surface area (Å²) in [5.74, 6) is 0.384. The molecule has 0 aromatic rings. The average molecular weight is 80.9 g/mol. The smallest absolute Gasteiger partial charge is 1.00 e. The molecule has 6 heavy (non-hydrogen) atoms. The second-order valence-electron chi connectivity index (χ2n) is 1.39. The first-order chi connectivity index (χ1) is 2.27. The first-order valence-corrected chi connectivity index (χ1v) is 2.03. The Balaban J connectivity index is -0.0000000133. The van der Waals surface area contributed by atoms with Gasteiger partial charge in [-0.3, -0.25) is 0 Å². The zero-order valence-electron chi connectivity index (χ0n) is 7.86. The first-order valence-electron chi connectivity index (χ1n) is 2.03. The van der Waals surface area contributed by atoms with Crippen molar-refractivity contribution in [1.29, 1.82) is 0 Å². The summed E-state index contributed by atoms with van der Waals surface area (Å²) in [5, 5.41) is 0. The minimum atomic E-state index is 0. The standard InChI is InChI=1S/C4H9B.Li.3H/c1-3-4(2)5;;;;/h4H,3H2,1-2H3;;;;/q+2;+1;3*-1/i;;3*1+1. The van der Waals surface area contributed by atoms with E-state index < -0.39 is 0 Å². The van der Waals surface area contributed by atoms with Gasteiger partial charge in [0, 0.05) is 0 Å². The van der Waals surface area contributed by atoms with Gasteiger partial charge in [-0.15, -0.1) is 0 Å². The molecule has 0 rings (SSSR count). The molecule has 0 nitrogen and oxygen atoms in total. The number of hydrogen-bond donors (Lipinski definition) is 0. The SMILES string of the molecule is [2H-].[2H-].[2H-].[B+2]C(C)CC.[Li+]. The third-order valence-corrected chi connectivity index (χ3v) is 0.644. The summed E-state index contributed by atoms with van der Waals surface area (Å²) >= 11 is 0. The van der Waals surface area contributed by atoms with Gasteiger partial charge in [0.1, 0.15) is 0 Å². The minimum absolute atomic E-state index is 0. The molecule has 0 aliphatic rings. The van der Waals surface area contributed by atoms with Gasteiger partial charge in [0.2, 0.25) is 0 Å². The first kappa shape index (κ1) is 9.83. The summed E-state index contributed by atoms with van der Waals surface area (Å²) in [5.41, 5.74) is 0. The molecule has 1 atom stereocenters. The molecule has 0 N–H and O–H groups in total. The van der Waals surface area contributed by atoms with Crippen LogP contribution in [0.25, 0.3) is 0 Å². The second kappa shape index (κ2) is 5.66. The molecule has 0 saturated carbocycles. The Hall–Kier alpha value is 0.662. The minimum Gasteiger partial charge on any atom is 1.00 e. The summed E-state index contributed by atoms with van der Waals surface area (Å²) < 4.78 is 0. The van der Waals surface area contributed by atoms with Gasteiger partial charge in [-0.25, -0.2) is 0 Å². The third-order valence-electron chi connectivity index (χ3n) is 0.644. The van der Waals surface area contributed by atoms with Gasteiger partial charge < -0.3 is 4.28 Å². The van der Waals surface area contributed by atoms with E-state index in [1.54, 1.807) is 0 Å². The van der Waals surface area contributed by atoms with Crippen LogP contribution in [0.2, 0.25) is 5.82 Å². The van der Waals surface area contributed by atoms with Crippen LogP contribution in [0.1, 0.15) is 24.5 Å². The van der Waals surface area contributed by atoms with E-state index in [1.807, 2.05) is 6.92 Å². The van der Waals surface area contributed by atoms with Crippen LogP contribution in [0.4, 0.5) is 0 Å². The molecule has 32 valence electrons. The van der Waals surface area contributed by atoms with Crippen molar-refractivity contribution in [1.82, 2.24) is 0 Å². The van der Waals surface area contributed by atoms with E-state index in [0.29, 0.717) is 5.82 Å². The predicted molar refractivity (Wildman–Crippen MR) is 28.8 cm³/mol. The van der Waals surface area contributed by atoms with E-state index in [0.717, 1.165) is 6.42 Å². The van der Waals surface area contributed by atoms with Crippen LogP contribution in [0.5, 0.6) is 0 Å². The van der Waals surface area contributed by atoms with Crippen LogP contribution in [-0.4, -0.2) is 7.85 Å². The van der Waals surface area contributed by atoms with Crippen molar-refractivity contribution in [2.24, 2.45) is 0 Å². The third kappa shape index (κ3) is 8.82. The van der Waals surface area contributed by atoms with E-state index in [-0.39, 0.29) is 23.1 Å². The zero-order chi connectivity index (χ0) is 4.28. The molecule has 0 fully saturated rings. The van der Waals surface area contributed by atoms with Gasteiger partial charge in [0.15, 0.2) is 0 Å². The maximum absolute atomic E-state index is 5.29. The van der Waals surface area contributed by atoms with E-state index in [1.165, 1.54) is 0 Å². The average Bonchev–Trinajstić information content (AvgIpc) is 1.38. The van der Waals surface area contributed by atoms with Crippen molar-refractivity contribution in [2.45, 2.75) is 26.1 Å². The topological polar surface area (TPSA) is 0 Å². The zero-order valence-corrected chi connectivity index (χ0v) is 4.86. The number of rotatable bonds is 1. The van der Waals surface area contributed by atoms with Crippen molar-refractivity contribution < 1.29 is 23.1 Å². The van der Waals surface area contributed by atoms with Crippen LogP contribution in [0, 0.1) is 0 Å². The summed E-state index contributed by atoms with van der Waals surface area (Å²) in [7, 11) is 5.29. The molecule has 0 saturated heterocycles. The molecule has 0 aliphatic heterocycles. The van der Waals surface area contributed by atoms with E-state index in [2.05, 4.69) is 6.92 Å². The van der Waals surface area contributed by atoms with Crippen molar-refractivity contribution >= 4 is 7.85 Å². The fourth-order valence-electron chi connectivity index (χ4n) is 0. The molecular formula is C4H12BLi. The van der Waals surface area contributed by atoms with Gasteiger partial charge in [0.05, 0.1) is 0 Å². The Morgan fingerprint density at radius 2 is 2.00 bits per heavy atom. The van der Waals surface area contributed by atoms with Crippen molar-refractivity contribution in [3.05, 3.63) is 0 Å². The normalized spacial score (nSPS) is 12.7. The largest absolute Gasteiger partial charge is 1.00 e. The maximum Gasteiger partial charge on any atom is 1.00 e. The molecule has 0 bridgehead atoms. The molecule has 0 radical (unpaired) electrons. The molecule has 0 spiro atoms. The monoisotopic (exact) mass is 81.1 g/mol. The molecule has 2 heteroatoms. The van der Waals surface area contributed by atoms with E-state index in [9.17, 15) is 0 Å². The van der Waals surface area contributed by atoms with Crippen molar-refractivity contribution in [3.63, 3.8) is 0 Å². The fourth-order valence-corrected chi connectivity index (χ4v) is 0. The van der Waals surface area contributed by atoms with Gasteiger partial charge in [-0.2, -0.15) is 0 Å². The molecular weight excluding hydrogens is 65.8 g/mol. The summed E-state index contributed by atoms with van der Waals surface area (Å²) in [4.78, 5) is 0. The Morgan fingerprint density at radius 1 is 1.83 bits per heavy atom. The quantitative estimate of drug-likeness (QED) is 0.344. The van der Waals surface area contributed by atoms with Crippen molar-refractivity contribution in [3.8, 4) is 0 Å². The van der Waals surface area contributed by atoms with Crippen molar-refractivity contribution in [2.75, 3.05) is 0 Å². The van der Waals surface area contributed by atoms with Crippen LogP contribution in [-0.2, 0) is 0 Å². The Morgan fingerprint density at radius 3 is 2.00 bits per heavy atom. The summed E-state index contributed by atoms with van der Waals surface area (Å²) in [6, 6.07) is 0. The van der Waals surface area contributed by atoms with Gasteiger partial charge in [-0.1, -0.05) is 0 Å². The molecule has 0 heterocycles. The predicted octanol–water partition coefficient (Wildman–Crippen LogP) is -1.29. The molecule has 0 amide bonds. The van der Waals surface area contributed by atoms with E-state index in [4.69, 9.17) is 7.85 Å². The maximum atomic E-state index is 5.29. The number of hydrogen-bond acceptors (Lipinski definition) is 0. The Bertz CT molecular complexity index is 29.8. The van der Waals surface area contributed by atoms with Gasteiger partial charge >= 0.3 is 52.8 Å². The fraction of sp³-hybridized carbons (Fsp3) is 1.00.